The first-order valence-electron chi connectivity index (χ1n) is 8.92. The maximum absolute atomic E-state index is 12.2. The molecule has 2 aromatic rings. The lowest BCUT2D eigenvalue weighted by Gasteiger charge is -2.33. The molecule has 0 saturated carbocycles. The van der Waals surface area contributed by atoms with Crippen molar-refractivity contribution in [1.29, 1.82) is 0 Å². The van der Waals surface area contributed by atoms with Gasteiger partial charge in [0.1, 0.15) is 12.4 Å². The zero-order chi connectivity index (χ0) is 18.2. The molecule has 2 N–H and O–H groups in total. The Balaban J connectivity index is 1.41. The molecule has 3 rings (SSSR count). The molecular weight excluding hydrogens is 330 g/mol. The second-order valence-electron chi connectivity index (χ2n) is 6.35. The Labute approximate surface area is 153 Å². The fourth-order valence-electron chi connectivity index (χ4n) is 2.86. The van der Waals surface area contributed by atoms with Gasteiger partial charge in [0.25, 0.3) is 0 Å². The lowest BCUT2D eigenvalue weighted by atomic mass is 10.2. The van der Waals surface area contributed by atoms with Crippen LogP contribution >= 0.6 is 0 Å². The molecule has 1 amide bonds. The molecule has 0 spiro atoms. The number of aromatic nitrogens is 2. The minimum atomic E-state index is -0.254. The number of nitrogens with two attached hydrogens (primary N) is 1. The normalized spacial score (nSPS) is 15.0. The van der Waals surface area contributed by atoms with Gasteiger partial charge in [0.05, 0.1) is 6.54 Å². The van der Waals surface area contributed by atoms with E-state index in [0.29, 0.717) is 32.8 Å². The monoisotopic (exact) mass is 355 g/mol. The van der Waals surface area contributed by atoms with Gasteiger partial charge in [-0.25, -0.2) is 14.8 Å². The second-order valence-corrected chi connectivity index (χ2v) is 6.35. The predicted octanol–water partition coefficient (Wildman–Crippen LogP) is 1.43. The van der Waals surface area contributed by atoms with Gasteiger partial charge in [-0.3, -0.25) is 4.90 Å². The van der Waals surface area contributed by atoms with Crippen molar-refractivity contribution in [2.75, 3.05) is 32.7 Å². The van der Waals surface area contributed by atoms with Crippen LogP contribution in [-0.4, -0.2) is 58.6 Å². The molecule has 2 heterocycles. The molecule has 7 heteroatoms. The molecule has 7 nitrogen and oxygen atoms in total. The average Bonchev–Trinajstić information content (AvgIpc) is 2.69. The number of rotatable bonds is 6. The van der Waals surface area contributed by atoms with Gasteiger partial charge in [-0.05, 0) is 24.1 Å². The second kappa shape index (κ2) is 9.26. The van der Waals surface area contributed by atoms with Gasteiger partial charge in [0.15, 0.2) is 0 Å². The number of ether oxygens (including phenoxy) is 1. The van der Waals surface area contributed by atoms with Crippen molar-refractivity contribution >= 4 is 6.09 Å². The summed E-state index contributed by atoms with van der Waals surface area (Å²) in [6, 6.07) is 9.72. The summed E-state index contributed by atoms with van der Waals surface area (Å²) in [6.07, 6.45) is 4.22. The number of nitrogens with zero attached hydrogens (tertiary/aromatic N) is 4. The minimum absolute atomic E-state index is 0.254. The Morgan fingerprint density at radius 1 is 1.04 bits per heavy atom. The van der Waals surface area contributed by atoms with E-state index in [1.807, 2.05) is 42.7 Å². The summed E-state index contributed by atoms with van der Waals surface area (Å²) in [7, 11) is 0. The van der Waals surface area contributed by atoms with E-state index in [9.17, 15) is 4.79 Å². The molecular formula is C19H25N5O2. The average molecular weight is 355 g/mol. The topological polar surface area (TPSA) is 84.6 Å². The van der Waals surface area contributed by atoms with Gasteiger partial charge in [-0.2, -0.15) is 0 Å². The number of carbonyl (C=O) groups is 1. The van der Waals surface area contributed by atoms with E-state index in [4.69, 9.17) is 10.5 Å². The minimum Gasteiger partial charge on any atom is -0.445 e. The van der Waals surface area contributed by atoms with Crippen molar-refractivity contribution in [3.05, 3.63) is 59.7 Å². The van der Waals surface area contributed by atoms with E-state index < -0.39 is 0 Å². The van der Waals surface area contributed by atoms with E-state index in [-0.39, 0.29) is 6.09 Å². The standard InChI is InChI=1S/C19H25N5O2/c20-7-6-17-12-21-18(22-13-17)14-23-8-10-24(11-9-23)19(25)26-15-16-4-2-1-3-5-16/h1-5,12-13H,6-11,14-15,20H2. The summed E-state index contributed by atoms with van der Waals surface area (Å²) in [5, 5.41) is 0. The van der Waals surface area contributed by atoms with Crippen LogP contribution in [0.2, 0.25) is 0 Å². The van der Waals surface area contributed by atoms with Crippen molar-refractivity contribution in [2.24, 2.45) is 5.73 Å². The van der Waals surface area contributed by atoms with E-state index in [1.165, 1.54) is 0 Å². The van der Waals surface area contributed by atoms with Gasteiger partial charge >= 0.3 is 6.09 Å². The SMILES string of the molecule is NCCc1cnc(CN2CCN(C(=O)OCc3ccccc3)CC2)nc1. The third kappa shape index (κ3) is 5.24. The number of carbonyl (C=O) groups excluding carboxylic acids is 1. The fraction of sp³-hybridized carbons (Fsp3) is 0.421. The highest BCUT2D eigenvalue weighted by molar-refractivity contribution is 5.67. The van der Waals surface area contributed by atoms with E-state index in [0.717, 1.165) is 36.5 Å². The maximum atomic E-state index is 12.2. The molecule has 1 aromatic carbocycles. The fourth-order valence-corrected chi connectivity index (χ4v) is 2.86. The highest BCUT2D eigenvalue weighted by Crippen LogP contribution is 2.09. The summed E-state index contributed by atoms with van der Waals surface area (Å²) in [4.78, 5) is 25.0. The highest BCUT2D eigenvalue weighted by atomic mass is 16.6. The molecule has 0 radical (unpaired) electrons. The largest absolute Gasteiger partial charge is 0.445 e. The number of hydrogen-bond acceptors (Lipinski definition) is 6. The lowest BCUT2D eigenvalue weighted by molar-refractivity contribution is 0.0695. The van der Waals surface area contributed by atoms with Gasteiger partial charge in [-0.15, -0.1) is 0 Å². The van der Waals surface area contributed by atoms with Crippen LogP contribution in [0.4, 0.5) is 4.79 Å². The number of amides is 1. The Bertz CT molecular complexity index is 685. The summed E-state index contributed by atoms with van der Waals surface area (Å²) < 4.78 is 5.39. The Morgan fingerprint density at radius 2 is 1.73 bits per heavy atom. The van der Waals surface area contributed by atoms with Gasteiger partial charge < -0.3 is 15.4 Å². The summed E-state index contributed by atoms with van der Waals surface area (Å²) in [5.41, 5.74) is 7.59. The van der Waals surface area contributed by atoms with Crippen LogP contribution in [0.5, 0.6) is 0 Å². The smallest absolute Gasteiger partial charge is 0.410 e. The van der Waals surface area contributed by atoms with Crippen LogP contribution in [-0.2, 0) is 24.3 Å². The molecule has 0 bridgehead atoms. The molecule has 0 atom stereocenters. The van der Waals surface area contributed by atoms with Crippen molar-refractivity contribution in [3.8, 4) is 0 Å². The number of hydrogen-bond donors (Lipinski definition) is 1. The van der Waals surface area contributed by atoms with Crippen LogP contribution in [0.25, 0.3) is 0 Å². The quantitative estimate of drug-likeness (QED) is 0.844. The highest BCUT2D eigenvalue weighted by Gasteiger charge is 2.22. The summed E-state index contributed by atoms with van der Waals surface area (Å²) >= 11 is 0. The zero-order valence-corrected chi connectivity index (χ0v) is 14.9. The summed E-state index contributed by atoms with van der Waals surface area (Å²) in [5.74, 6) is 0.797. The first-order valence-corrected chi connectivity index (χ1v) is 8.92. The van der Waals surface area contributed by atoms with Crippen molar-refractivity contribution in [3.63, 3.8) is 0 Å². The van der Waals surface area contributed by atoms with Crippen molar-refractivity contribution in [1.82, 2.24) is 19.8 Å². The predicted molar refractivity (Wildman–Crippen MR) is 98.3 cm³/mol. The zero-order valence-electron chi connectivity index (χ0n) is 14.9. The molecule has 1 aliphatic rings. The maximum Gasteiger partial charge on any atom is 0.410 e. The third-order valence-electron chi connectivity index (χ3n) is 4.39. The molecule has 1 fully saturated rings. The first-order chi connectivity index (χ1) is 12.7. The third-order valence-corrected chi connectivity index (χ3v) is 4.39. The van der Waals surface area contributed by atoms with Crippen molar-refractivity contribution < 1.29 is 9.53 Å². The van der Waals surface area contributed by atoms with Crippen LogP contribution in [0.3, 0.4) is 0 Å². The molecule has 1 aliphatic heterocycles. The van der Waals surface area contributed by atoms with Crippen LogP contribution < -0.4 is 5.73 Å². The van der Waals surface area contributed by atoms with Crippen molar-refractivity contribution in [2.45, 2.75) is 19.6 Å². The van der Waals surface area contributed by atoms with Crippen LogP contribution in [0.1, 0.15) is 17.0 Å². The van der Waals surface area contributed by atoms with Crippen LogP contribution in [0, 0.1) is 0 Å². The van der Waals surface area contributed by atoms with E-state index in [2.05, 4.69) is 14.9 Å². The lowest BCUT2D eigenvalue weighted by Crippen LogP contribution is -2.48. The molecule has 26 heavy (non-hydrogen) atoms. The van der Waals surface area contributed by atoms with Gasteiger partial charge in [0, 0.05) is 38.6 Å². The molecule has 1 aromatic heterocycles. The molecule has 138 valence electrons. The number of piperazine rings is 1. The Hall–Kier alpha value is -2.51. The van der Waals surface area contributed by atoms with Gasteiger partial charge in [-0.1, -0.05) is 30.3 Å². The summed E-state index contributed by atoms with van der Waals surface area (Å²) in [6.45, 7) is 4.48. The Morgan fingerprint density at radius 3 is 2.38 bits per heavy atom. The van der Waals surface area contributed by atoms with E-state index >= 15 is 0 Å². The van der Waals surface area contributed by atoms with Gasteiger partial charge in [0.2, 0.25) is 0 Å². The molecule has 0 aliphatic carbocycles. The Kier molecular flexibility index (Phi) is 6.51. The molecule has 0 unspecified atom stereocenters. The van der Waals surface area contributed by atoms with Crippen LogP contribution in [0.15, 0.2) is 42.7 Å². The molecule has 1 saturated heterocycles. The number of benzene rings is 1. The van der Waals surface area contributed by atoms with E-state index in [1.54, 1.807) is 4.90 Å². The first kappa shape index (κ1) is 18.3.